The number of aromatic nitrogens is 3. The van der Waals surface area contributed by atoms with Gasteiger partial charge in [0.15, 0.2) is 16.8 Å². The Balaban J connectivity index is 1.40. The van der Waals surface area contributed by atoms with Gasteiger partial charge in [-0.15, -0.1) is 21.5 Å². The molecule has 0 N–H and O–H groups in total. The lowest BCUT2D eigenvalue weighted by Crippen LogP contribution is -2.17. The van der Waals surface area contributed by atoms with Gasteiger partial charge in [0.05, 0.1) is 30.4 Å². The van der Waals surface area contributed by atoms with E-state index in [1.54, 1.807) is 18.4 Å². The van der Waals surface area contributed by atoms with E-state index in [0.717, 1.165) is 62.3 Å². The topological polar surface area (TPSA) is 66.2 Å². The Morgan fingerprint density at radius 2 is 2.03 bits per heavy atom. The van der Waals surface area contributed by atoms with Crippen LogP contribution >= 0.6 is 23.1 Å². The van der Waals surface area contributed by atoms with Crippen LogP contribution in [0.1, 0.15) is 28.1 Å². The third kappa shape index (κ3) is 4.55. The van der Waals surface area contributed by atoms with Gasteiger partial charge in [-0.1, -0.05) is 30.0 Å². The number of carbonyl (C=O) groups excluding carboxylic acids is 1. The fraction of sp³-hybridized carbons (Fsp3) is 0.320. The third-order valence-electron chi connectivity index (χ3n) is 5.90. The van der Waals surface area contributed by atoms with E-state index in [1.165, 1.54) is 11.8 Å². The first-order valence-corrected chi connectivity index (χ1v) is 12.8. The molecule has 0 radical (unpaired) electrons. The number of nitrogens with zero attached hydrogens (tertiary/aromatic N) is 3. The normalized spacial score (nSPS) is 15.9. The summed E-state index contributed by atoms with van der Waals surface area (Å²) in [4.78, 5) is 13.9. The number of ketones is 1. The van der Waals surface area contributed by atoms with Crippen molar-refractivity contribution in [3.63, 3.8) is 0 Å². The van der Waals surface area contributed by atoms with Crippen molar-refractivity contribution in [2.45, 2.75) is 37.6 Å². The second-order valence-electron chi connectivity index (χ2n) is 8.04. The van der Waals surface area contributed by atoms with Crippen LogP contribution in [0.15, 0.2) is 53.7 Å². The molecule has 3 heterocycles. The zero-order valence-corrected chi connectivity index (χ0v) is 20.2. The number of aryl methyl sites for hydroxylation is 1. The summed E-state index contributed by atoms with van der Waals surface area (Å²) in [6.45, 7) is 3.49. The number of benzene rings is 2. The summed E-state index contributed by atoms with van der Waals surface area (Å²) in [5, 5.41) is 10.8. The third-order valence-corrected chi connectivity index (χ3v) is 8.19. The van der Waals surface area contributed by atoms with Crippen molar-refractivity contribution in [3.8, 4) is 17.1 Å². The van der Waals surface area contributed by atoms with Crippen molar-refractivity contribution < 1.29 is 14.3 Å². The molecule has 1 fully saturated rings. The minimum absolute atomic E-state index is 0.122. The highest BCUT2D eigenvalue weighted by Gasteiger charge is 2.23. The highest BCUT2D eigenvalue weighted by molar-refractivity contribution is 7.99. The van der Waals surface area contributed by atoms with Crippen molar-refractivity contribution in [1.82, 2.24) is 14.8 Å². The Bertz CT molecular complexity index is 1270. The average Bonchev–Trinajstić information content (AvgIpc) is 3.58. The van der Waals surface area contributed by atoms with Crippen LogP contribution in [0.2, 0.25) is 0 Å². The lowest BCUT2D eigenvalue weighted by atomic mass is 10.1. The molecule has 0 spiro atoms. The van der Waals surface area contributed by atoms with E-state index >= 15 is 0 Å². The smallest absolute Gasteiger partial charge is 0.192 e. The van der Waals surface area contributed by atoms with Gasteiger partial charge in [0.25, 0.3) is 0 Å². The highest BCUT2D eigenvalue weighted by atomic mass is 32.2. The predicted octanol–water partition coefficient (Wildman–Crippen LogP) is 5.63. The van der Waals surface area contributed by atoms with Crippen LogP contribution in [-0.4, -0.2) is 46.1 Å². The molecule has 4 aromatic rings. The second-order valence-corrected chi connectivity index (χ2v) is 10.0. The minimum atomic E-state index is 0.122. The minimum Gasteiger partial charge on any atom is -0.497 e. The number of thiophene rings is 1. The van der Waals surface area contributed by atoms with Gasteiger partial charge in [0.1, 0.15) is 5.75 Å². The van der Waals surface area contributed by atoms with Crippen LogP contribution in [-0.2, 0) is 11.3 Å². The van der Waals surface area contributed by atoms with Crippen LogP contribution in [0.4, 0.5) is 0 Å². The Morgan fingerprint density at radius 1 is 1.21 bits per heavy atom. The first kappa shape index (κ1) is 22.1. The van der Waals surface area contributed by atoms with Crippen molar-refractivity contribution in [3.05, 3.63) is 59.0 Å². The summed E-state index contributed by atoms with van der Waals surface area (Å²) in [6.07, 6.45) is 2.22. The molecule has 5 rings (SSSR count). The van der Waals surface area contributed by atoms with E-state index in [4.69, 9.17) is 9.47 Å². The van der Waals surface area contributed by atoms with Crippen LogP contribution in [0.25, 0.3) is 21.5 Å². The molecule has 6 nitrogen and oxygen atoms in total. The molecule has 0 saturated carbocycles. The van der Waals surface area contributed by atoms with Gasteiger partial charge in [0.2, 0.25) is 0 Å². The van der Waals surface area contributed by atoms with E-state index in [-0.39, 0.29) is 11.9 Å². The van der Waals surface area contributed by atoms with Gasteiger partial charge in [0, 0.05) is 16.9 Å². The predicted molar refractivity (Wildman–Crippen MR) is 133 cm³/mol. The largest absolute Gasteiger partial charge is 0.497 e. The molecular weight excluding hydrogens is 454 g/mol. The summed E-state index contributed by atoms with van der Waals surface area (Å²) in [5.74, 6) is 2.01. The Morgan fingerprint density at radius 3 is 2.76 bits per heavy atom. The molecule has 1 saturated heterocycles. The van der Waals surface area contributed by atoms with Crippen molar-refractivity contribution >= 4 is 39.0 Å². The van der Waals surface area contributed by atoms with E-state index < -0.39 is 0 Å². The molecule has 1 unspecified atom stereocenters. The zero-order valence-electron chi connectivity index (χ0n) is 18.6. The monoisotopic (exact) mass is 479 g/mol. The average molecular weight is 480 g/mol. The summed E-state index contributed by atoms with van der Waals surface area (Å²) >= 11 is 3.01. The summed E-state index contributed by atoms with van der Waals surface area (Å²) in [5.41, 5.74) is 2.01. The summed E-state index contributed by atoms with van der Waals surface area (Å²) < 4.78 is 14.4. The molecule has 0 aliphatic carbocycles. The van der Waals surface area contributed by atoms with E-state index in [2.05, 4.69) is 26.9 Å². The quantitative estimate of drug-likeness (QED) is 0.241. The number of carbonyl (C=O) groups is 1. The van der Waals surface area contributed by atoms with Crippen LogP contribution < -0.4 is 4.74 Å². The number of rotatable bonds is 8. The second kappa shape index (κ2) is 9.67. The fourth-order valence-corrected chi connectivity index (χ4v) is 6.20. The molecule has 33 heavy (non-hydrogen) atoms. The Labute approximate surface area is 200 Å². The van der Waals surface area contributed by atoms with Crippen molar-refractivity contribution in [1.29, 1.82) is 0 Å². The molecule has 0 amide bonds. The fourth-order valence-electron chi connectivity index (χ4n) is 4.14. The standard InChI is InChI=1S/C25H25N3O3S2/c1-16-20-7-3-4-8-22(20)33-23(16)21(29)15-32-25-27-26-24(17-9-11-18(30-2)12-10-17)28(25)14-19-6-5-13-31-19/h3-4,7-12,19H,5-6,13-15H2,1-2H3. The number of hydrogen-bond donors (Lipinski definition) is 0. The van der Waals surface area contributed by atoms with E-state index in [9.17, 15) is 4.79 Å². The molecule has 1 aliphatic heterocycles. The molecule has 8 heteroatoms. The molecule has 2 aromatic heterocycles. The van der Waals surface area contributed by atoms with Gasteiger partial charge < -0.3 is 9.47 Å². The Kier molecular flexibility index (Phi) is 6.48. The number of Topliss-reactive ketones (excluding diaryl/α,β-unsaturated/α-hetero) is 1. The number of thioether (sulfide) groups is 1. The Hall–Kier alpha value is -2.68. The van der Waals surface area contributed by atoms with E-state index in [0.29, 0.717) is 12.3 Å². The lowest BCUT2D eigenvalue weighted by molar-refractivity contribution is 0.0953. The molecule has 1 atom stereocenters. The number of methoxy groups -OCH3 is 1. The molecular formula is C25H25N3O3S2. The van der Waals surface area contributed by atoms with Gasteiger partial charge in [-0.2, -0.15) is 0 Å². The first-order chi connectivity index (χ1) is 16.1. The first-order valence-electron chi connectivity index (χ1n) is 11.0. The summed E-state index contributed by atoms with van der Waals surface area (Å²) in [7, 11) is 1.65. The SMILES string of the molecule is COc1ccc(-c2nnc(SCC(=O)c3sc4ccccc4c3C)n2CC2CCCO2)cc1. The maximum Gasteiger partial charge on any atom is 0.192 e. The van der Waals surface area contributed by atoms with Gasteiger partial charge >= 0.3 is 0 Å². The number of ether oxygens (including phenoxy) is 2. The zero-order chi connectivity index (χ0) is 22.8. The maximum atomic E-state index is 13.1. The van der Waals surface area contributed by atoms with Gasteiger partial charge in [-0.3, -0.25) is 9.36 Å². The molecule has 170 valence electrons. The van der Waals surface area contributed by atoms with E-state index in [1.807, 2.05) is 43.3 Å². The lowest BCUT2D eigenvalue weighted by Gasteiger charge is -2.14. The number of hydrogen-bond acceptors (Lipinski definition) is 7. The van der Waals surface area contributed by atoms with Crippen LogP contribution in [0, 0.1) is 6.92 Å². The highest BCUT2D eigenvalue weighted by Crippen LogP contribution is 2.33. The number of fused-ring (bicyclic) bond motifs is 1. The molecule has 0 bridgehead atoms. The molecule has 1 aliphatic rings. The van der Waals surface area contributed by atoms with Gasteiger partial charge in [-0.05, 0) is 61.0 Å². The maximum absolute atomic E-state index is 13.1. The molecule has 2 aromatic carbocycles. The van der Waals surface area contributed by atoms with Crippen molar-refractivity contribution in [2.75, 3.05) is 19.5 Å². The summed E-state index contributed by atoms with van der Waals surface area (Å²) in [6, 6.07) is 16.0. The van der Waals surface area contributed by atoms with Crippen molar-refractivity contribution in [2.24, 2.45) is 0 Å². The van der Waals surface area contributed by atoms with Crippen LogP contribution in [0.3, 0.4) is 0 Å². The van der Waals surface area contributed by atoms with Crippen LogP contribution in [0.5, 0.6) is 5.75 Å². The van der Waals surface area contributed by atoms with Gasteiger partial charge in [-0.25, -0.2) is 0 Å².